The van der Waals surface area contributed by atoms with Crippen LogP contribution in [0, 0.1) is 13.8 Å². The molecule has 4 rings (SSSR count). The van der Waals surface area contributed by atoms with Crippen LogP contribution >= 0.6 is 0 Å². The van der Waals surface area contributed by atoms with Gasteiger partial charge in [0.05, 0.1) is 11.6 Å². The van der Waals surface area contributed by atoms with Gasteiger partial charge in [-0.3, -0.25) is 9.69 Å². The zero-order valence-corrected chi connectivity index (χ0v) is 20.3. The highest BCUT2D eigenvalue weighted by molar-refractivity contribution is 5.80. The Labute approximate surface area is 190 Å². The first-order chi connectivity index (χ1) is 15.2. The number of tetrazole rings is 1. The molecule has 7 nitrogen and oxygen atoms in total. The van der Waals surface area contributed by atoms with Crippen molar-refractivity contribution in [2.45, 2.75) is 97.8 Å². The fraction of sp³-hybridized carbons (Fsp3) is 0.600. The second-order valence-corrected chi connectivity index (χ2v) is 10.3. The third-order valence-electron chi connectivity index (χ3n) is 6.90. The van der Waals surface area contributed by atoms with Crippen molar-refractivity contribution >= 4 is 10.9 Å². The maximum Gasteiger partial charge on any atom is 0.252 e. The standard InChI is InChI=1S/C25H36N6O/c1-7-22(23-27-28-29-31(23)25(4,5)6)30(20-10-8-9-11-20)15-19-14-18-12-16(2)17(3)13-21(18)26-24(19)32/h12-14,20,22H,7-11,15H2,1-6H3,(H,26,32)/t22-/m1/s1. The average molecular weight is 437 g/mol. The first-order valence-electron chi connectivity index (χ1n) is 11.9. The molecule has 3 aromatic rings. The highest BCUT2D eigenvalue weighted by Crippen LogP contribution is 2.34. The molecule has 0 spiro atoms. The van der Waals surface area contributed by atoms with Crippen molar-refractivity contribution in [1.29, 1.82) is 0 Å². The highest BCUT2D eigenvalue weighted by Gasteiger charge is 2.34. The van der Waals surface area contributed by atoms with Crippen LogP contribution in [0.4, 0.5) is 0 Å². The average Bonchev–Trinajstić information content (AvgIpc) is 3.41. The van der Waals surface area contributed by atoms with Crippen LogP contribution in [0.3, 0.4) is 0 Å². The lowest BCUT2D eigenvalue weighted by molar-refractivity contribution is 0.108. The molecule has 0 aliphatic heterocycles. The lowest BCUT2D eigenvalue weighted by atomic mass is 10.0. The molecule has 1 aliphatic carbocycles. The van der Waals surface area contributed by atoms with Crippen molar-refractivity contribution in [2.75, 3.05) is 0 Å². The van der Waals surface area contributed by atoms with E-state index in [0.29, 0.717) is 12.6 Å². The Balaban J connectivity index is 1.76. The molecule has 1 aliphatic rings. The first-order valence-corrected chi connectivity index (χ1v) is 11.9. The van der Waals surface area contributed by atoms with E-state index in [1.54, 1.807) is 0 Å². The molecule has 1 saturated carbocycles. The Morgan fingerprint density at radius 2 is 1.84 bits per heavy atom. The van der Waals surface area contributed by atoms with Crippen molar-refractivity contribution in [3.8, 4) is 0 Å². The Morgan fingerprint density at radius 3 is 2.50 bits per heavy atom. The van der Waals surface area contributed by atoms with Gasteiger partial charge in [-0.25, -0.2) is 4.68 Å². The van der Waals surface area contributed by atoms with Crippen molar-refractivity contribution in [3.63, 3.8) is 0 Å². The molecule has 0 unspecified atom stereocenters. The number of benzene rings is 1. The van der Waals surface area contributed by atoms with Crippen LogP contribution in [-0.4, -0.2) is 36.1 Å². The van der Waals surface area contributed by atoms with Gasteiger partial charge in [0.2, 0.25) is 0 Å². The summed E-state index contributed by atoms with van der Waals surface area (Å²) in [4.78, 5) is 18.7. The van der Waals surface area contributed by atoms with E-state index in [-0.39, 0.29) is 17.1 Å². The van der Waals surface area contributed by atoms with Crippen LogP contribution in [-0.2, 0) is 12.1 Å². The number of nitrogens with one attached hydrogen (secondary N) is 1. The lowest BCUT2D eigenvalue weighted by Gasteiger charge is -2.36. The molecule has 0 radical (unpaired) electrons. The number of pyridine rings is 1. The van der Waals surface area contributed by atoms with Crippen LogP contribution in [0.25, 0.3) is 10.9 Å². The number of hydrogen-bond donors (Lipinski definition) is 1. The number of aryl methyl sites for hydroxylation is 2. The van der Waals surface area contributed by atoms with Gasteiger partial charge in [0.1, 0.15) is 0 Å². The third-order valence-corrected chi connectivity index (χ3v) is 6.90. The number of H-pyrrole nitrogens is 1. The van der Waals surface area contributed by atoms with Crippen LogP contribution in [0.2, 0.25) is 0 Å². The van der Waals surface area contributed by atoms with Crippen LogP contribution < -0.4 is 5.56 Å². The van der Waals surface area contributed by atoms with Gasteiger partial charge in [-0.1, -0.05) is 19.8 Å². The van der Waals surface area contributed by atoms with Gasteiger partial charge in [0.25, 0.3) is 5.56 Å². The number of aromatic nitrogens is 5. The van der Waals surface area contributed by atoms with E-state index in [0.717, 1.165) is 41.6 Å². The van der Waals surface area contributed by atoms with Gasteiger partial charge >= 0.3 is 0 Å². The van der Waals surface area contributed by atoms with E-state index >= 15 is 0 Å². The Morgan fingerprint density at radius 1 is 1.16 bits per heavy atom. The summed E-state index contributed by atoms with van der Waals surface area (Å²) in [6, 6.07) is 6.79. The Kier molecular flexibility index (Phi) is 6.21. The summed E-state index contributed by atoms with van der Waals surface area (Å²) in [6.07, 6.45) is 5.65. The summed E-state index contributed by atoms with van der Waals surface area (Å²) in [6.45, 7) is 13.3. The molecule has 1 N–H and O–H groups in total. The third kappa shape index (κ3) is 4.35. The van der Waals surface area contributed by atoms with Gasteiger partial charge < -0.3 is 4.98 Å². The minimum absolute atomic E-state index is 0.00554. The zero-order chi connectivity index (χ0) is 23.0. The van der Waals surface area contributed by atoms with Crippen molar-refractivity contribution in [3.05, 3.63) is 51.1 Å². The SMILES string of the molecule is CC[C@H](c1nnnn1C(C)(C)C)N(Cc1cc2cc(C)c(C)cc2[nH]c1=O)C1CCCC1. The van der Waals surface area contributed by atoms with Gasteiger partial charge in [-0.05, 0) is 99.0 Å². The van der Waals surface area contributed by atoms with Crippen molar-refractivity contribution in [2.24, 2.45) is 0 Å². The molecule has 1 atom stereocenters. The normalized spacial score (nSPS) is 16.3. The molecule has 1 fully saturated rings. The summed E-state index contributed by atoms with van der Waals surface area (Å²) in [5.74, 6) is 0.885. The molecule has 2 aromatic heterocycles. The maximum atomic E-state index is 13.1. The predicted molar refractivity (Wildman–Crippen MR) is 128 cm³/mol. The minimum atomic E-state index is -0.205. The van der Waals surface area contributed by atoms with Crippen LogP contribution in [0.1, 0.15) is 88.4 Å². The Hall–Kier alpha value is -2.54. The monoisotopic (exact) mass is 436 g/mol. The van der Waals surface area contributed by atoms with E-state index in [1.165, 1.54) is 24.0 Å². The van der Waals surface area contributed by atoms with E-state index < -0.39 is 0 Å². The van der Waals surface area contributed by atoms with Gasteiger partial charge in [-0.2, -0.15) is 0 Å². The van der Waals surface area contributed by atoms with Gasteiger partial charge in [0.15, 0.2) is 5.82 Å². The van der Waals surface area contributed by atoms with Gasteiger partial charge in [0, 0.05) is 23.7 Å². The number of rotatable bonds is 6. The van der Waals surface area contributed by atoms with Crippen LogP contribution in [0.15, 0.2) is 23.0 Å². The van der Waals surface area contributed by atoms with Crippen molar-refractivity contribution in [1.82, 2.24) is 30.1 Å². The van der Waals surface area contributed by atoms with E-state index in [4.69, 9.17) is 0 Å². The number of fused-ring (bicyclic) bond motifs is 1. The van der Waals surface area contributed by atoms with Gasteiger partial charge in [-0.15, -0.1) is 5.10 Å². The Bertz CT molecular complexity index is 1150. The molecular weight excluding hydrogens is 400 g/mol. The molecular formula is C25H36N6O. The van der Waals surface area contributed by atoms with E-state index in [9.17, 15) is 4.79 Å². The molecule has 172 valence electrons. The maximum absolute atomic E-state index is 13.1. The second-order valence-electron chi connectivity index (χ2n) is 10.3. The fourth-order valence-electron chi connectivity index (χ4n) is 5.01. The summed E-state index contributed by atoms with van der Waals surface area (Å²) in [7, 11) is 0. The van der Waals surface area contributed by atoms with E-state index in [1.807, 2.05) is 4.68 Å². The predicted octanol–water partition coefficient (Wildman–Crippen LogP) is 4.78. The lowest BCUT2D eigenvalue weighted by Crippen LogP contribution is -2.40. The molecule has 0 saturated heterocycles. The molecule has 32 heavy (non-hydrogen) atoms. The largest absolute Gasteiger partial charge is 0.322 e. The smallest absolute Gasteiger partial charge is 0.252 e. The summed E-state index contributed by atoms with van der Waals surface area (Å²) in [5, 5.41) is 13.9. The number of nitrogens with zero attached hydrogens (tertiary/aromatic N) is 5. The first kappa shape index (κ1) is 22.6. The summed E-state index contributed by atoms with van der Waals surface area (Å²) >= 11 is 0. The van der Waals surface area contributed by atoms with Crippen molar-refractivity contribution < 1.29 is 0 Å². The van der Waals surface area contributed by atoms with Crippen LogP contribution in [0.5, 0.6) is 0 Å². The molecule has 0 bridgehead atoms. The topological polar surface area (TPSA) is 79.7 Å². The quantitative estimate of drug-likeness (QED) is 0.601. The fourth-order valence-corrected chi connectivity index (χ4v) is 5.01. The highest BCUT2D eigenvalue weighted by atomic mass is 16.1. The molecule has 2 heterocycles. The molecule has 0 amide bonds. The number of aromatic amines is 1. The second kappa shape index (κ2) is 8.77. The number of hydrogen-bond acceptors (Lipinski definition) is 5. The summed E-state index contributed by atoms with van der Waals surface area (Å²) < 4.78 is 1.94. The molecule has 7 heteroatoms. The van der Waals surface area contributed by atoms with E-state index in [2.05, 4.69) is 85.2 Å². The summed E-state index contributed by atoms with van der Waals surface area (Å²) in [5.41, 5.74) is 3.92. The minimum Gasteiger partial charge on any atom is -0.322 e. The molecule has 1 aromatic carbocycles. The zero-order valence-electron chi connectivity index (χ0n) is 20.3.